The van der Waals surface area contributed by atoms with Crippen molar-refractivity contribution < 1.29 is 9.59 Å². The number of halogens is 1. The molecule has 130 valence electrons. The predicted octanol–water partition coefficient (Wildman–Crippen LogP) is 4.56. The van der Waals surface area contributed by atoms with Crippen LogP contribution in [0.15, 0.2) is 53.0 Å². The van der Waals surface area contributed by atoms with Crippen LogP contribution in [-0.4, -0.2) is 18.4 Å². The van der Waals surface area contributed by atoms with Crippen LogP contribution in [0.2, 0.25) is 0 Å². The van der Waals surface area contributed by atoms with Crippen LogP contribution in [0.1, 0.15) is 31.7 Å². The number of nitrogens with zero attached hydrogens (tertiary/aromatic N) is 1. The highest BCUT2D eigenvalue weighted by molar-refractivity contribution is 9.10. The van der Waals surface area contributed by atoms with Gasteiger partial charge in [0, 0.05) is 28.8 Å². The lowest BCUT2D eigenvalue weighted by Crippen LogP contribution is -2.28. The third-order valence-electron chi connectivity index (χ3n) is 4.48. The first-order valence-corrected chi connectivity index (χ1v) is 9.20. The van der Waals surface area contributed by atoms with E-state index in [1.807, 2.05) is 48.5 Å². The minimum absolute atomic E-state index is 0.0161. The first kappa shape index (κ1) is 17.7. The third kappa shape index (κ3) is 4.10. The fourth-order valence-electron chi connectivity index (χ4n) is 2.95. The number of nitrogens with one attached hydrogen (secondary N) is 1. The monoisotopic (exact) mass is 400 g/mol. The van der Waals surface area contributed by atoms with Crippen molar-refractivity contribution in [1.82, 2.24) is 0 Å². The Hall–Kier alpha value is -2.14. The summed E-state index contributed by atoms with van der Waals surface area (Å²) in [6.45, 7) is 4.68. The second-order valence-electron chi connectivity index (χ2n) is 6.65. The van der Waals surface area contributed by atoms with Gasteiger partial charge in [0.1, 0.15) is 0 Å². The number of amides is 2. The molecule has 2 amide bonds. The summed E-state index contributed by atoms with van der Waals surface area (Å²) < 4.78 is 0.960. The van der Waals surface area contributed by atoms with Gasteiger partial charge in [0.05, 0.1) is 5.92 Å². The van der Waals surface area contributed by atoms with Gasteiger partial charge < -0.3 is 10.2 Å². The lowest BCUT2D eigenvalue weighted by Gasteiger charge is -2.17. The maximum atomic E-state index is 12.5. The van der Waals surface area contributed by atoms with Gasteiger partial charge in [-0.2, -0.15) is 0 Å². The summed E-state index contributed by atoms with van der Waals surface area (Å²) in [6, 6.07) is 15.4. The van der Waals surface area contributed by atoms with Gasteiger partial charge in [-0.05, 0) is 47.9 Å². The summed E-state index contributed by atoms with van der Waals surface area (Å²) in [5.74, 6) is 0.000446. The van der Waals surface area contributed by atoms with Crippen molar-refractivity contribution in [2.75, 3.05) is 16.8 Å². The van der Waals surface area contributed by atoms with Crippen molar-refractivity contribution in [3.05, 3.63) is 58.6 Å². The highest BCUT2D eigenvalue weighted by Gasteiger charge is 2.35. The molecule has 1 atom stereocenters. The maximum absolute atomic E-state index is 12.5. The topological polar surface area (TPSA) is 49.4 Å². The summed E-state index contributed by atoms with van der Waals surface area (Å²) in [6.07, 6.45) is 0.242. The lowest BCUT2D eigenvalue weighted by molar-refractivity contribution is -0.122. The zero-order valence-electron chi connectivity index (χ0n) is 14.3. The van der Waals surface area contributed by atoms with E-state index in [9.17, 15) is 9.59 Å². The fourth-order valence-corrected chi connectivity index (χ4v) is 3.21. The highest BCUT2D eigenvalue weighted by Crippen LogP contribution is 2.27. The second kappa shape index (κ2) is 7.40. The number of carbonyl (C=O) groups excluding carboxylic acids is 2. The molecule has 0 aliphatic carbocycles. The van der Waals surface area contributed by atoms with E-state index in [4.69, 9.17) is 0 Å². The average Bonchev–Trinajstić information content (AvgIpc) is 2.98. The van der Waals surface area contributed by atoms with Crippen LogP contribution in [0.5, 0.6) is 0 Å². The van der Waals surface area contributed by atoms with Crippen molar-refractivity contribution in [1.29, 1.82) is 0 Å². The molecule has 1 aliphatic heterocycles. The number of hydrogen-bond acceptors (Lipinski definition) is 2. The summed E-state index contributed by atoms with van der Waals surface area (Å²) in [5.41, 5.74) is 2.82. The lowest BCUT2D eigenvalue weighted by atomic mass is 10.0. The molecule has 1 aliphatic rings. The van der Waals surface area contributed by atoms with Crippen LogP contribution in [0.25, 0.3) is 0 Å². The van der Waals surface area contributed by atoms with E-state index in [0.717, 1.165) is 15.8 Å². The molecule has 5 heteroatoms. The molecule has 0 unspecified atom stereocenters. The van der Waals surface area contributed by atoms with E-state index in [0.29, 0.717) is 12.5 Å². The second-order valence-corrected chi connectivity index (χ2v) is 7.56. The zero-order valence-corrected chi connectivity index (χ0v) is 15.9. The zero-order chi connectivity index (χ0) is 18.0. The highest BCUT2D eigenvalue weighted by atomic mass is 79.9. The Bertz CT molecular complexity index is 769. The van der Waals surface area contributed by atoms with Gasteiger partial charge in [-0.15, -0.1) is 0 Å². The number of anilines is 2. The van der Waals surface area contributed by atoms with E-state index < -0.39 is 0 Å². The number of carbonyl (C=O) groups is 2. The fraction of sp³-hybridized carbons (Fsp3) is 0.300. The van der Waals surface area contributed by atoms with Crippen molar-refractivity contribution in [3.8, 4) is 0 Å². The van der Waals surface area contributed by atoms with Crippen molar-refractivity contribution in [2.24, 2.45) is 5.92 Å². The molecule has 0 saturated carbocycles. The molecular weight excluding hydrogens is 380 g/mol. The van der Waals surface area contributed by atoms with Crippen LogP contribution < -0.4 is 10.2 Å². The van der Waals surface area contributed by atoms with Gasteiger partial charge in [-0.3, -0.25) is 9.59 Å². The molecule has 1 fully saturated rings. The molecule has 0 aromatic heterocycles. The van der Waals surface area contributed by atoms with E-state index in [1.54, 1.807) is 4.90 Å². The Kier molecular flexibility index (Phi) is 5.23. The van der Waals surface area contributed by atoms with Crippen LogP contribution in [0.4, 0.5) is 11.4 Å². The number of hydrogen-bond donors (Lipinski definition) is 1. The summed E-state index contributed by atoms with van der Waals surface area (Å²) in [4.78, 5) is 26.5. The normalized spacial score (nSPS) is 17.2. The Labute approximate surface area is 156 Å². The van der Waals surface area contributed by atoms with Gasteiger partial charge in [0.2, 0.25) is 11.8 Å². The summed E-state index contributed by atoms with van der Waals surface area (Å²) >= 11 is 3.39. The smallest absolute Gasteiger partial charge is 0.229 e. The van der Waals surface area contributed by atoms with E-state index in [2.05, 4.69) is 35.1 Å². The molecule has 25 heavy (non-hydrogen) atoms. The summed E-state index contributed by atoms with van der Waals surface area (Å²) in [7, 11) is 0. The molecule has 2 aromatic rings. The molecule has 0 spiro atoms. The Morgan fingerprint density at radius 1 is 1.12 bits per heavy atom. The van der Waals surface area contributed by atoms with Crippen molar-refractivity contribution in [2.45, 2.75) is 26.2 Å². The molecule has 1 N–H and O–H groups in total. The molecule has 0 bridgehead atoms. The molecule has 4 nitrogen and oxygen atoms in total. The van der Waals surface area contributed by atoms with Crippen LogP contribution in [0, 0.1) is 5.92 Å². The van der Waals surface area contributed by atoms with Gasteiger partial charge in [0.15, 0.2) is 0 Å². The van der Waals surface area contributed by atoms with Gasteiger partial charge >= 0.3 is 0 Å². The predicted molar refractivity (Wildman–Crippen MR) is 104 cm³/mol. The maximum Gasteiger partial charge on any atom is 0.229 e. The first-order chi connectivity index (χ1) is 11.9. The Morgan fingerprint density at radius 3 is 2.36 bits per heavy atom. The minimum Gasteiger partial charge on any atom is -0.326 e. The third-order valence-corrected chi connectivity index (χ3v) is 5.01. The van der Waals surface area contributed by atoms with Crippen molar-refractivity contribution >= 4 is 39.1 Å². The number of benzene rings is 2. The van der Waals surface area contributed by atoms with E-state index >= 15 is 0 Å². The van der Waals surface area contributed by atoms with E-state index in [1.165, 1.54) is 5.56 Å². The first-order valence-electron chi connectivity index (χ1n) is 8.41. The molecule has 1 saturated heterocycles. The van der Waals surface area contributed by atoms with E-state index in [-0.39, 0.29) is 24.2 Å². The number of rotatable bonds is 4. The SMILES string of the molecule is CC(C)c1ccc(NC(=O)[C@H]2CC(=O)N(c3ccc(Br)cc3)C2)cc1. The Balaban J connectivity index is 1.65. The largest absolute Gasteiger partial charge is 0.326 e. The average molecular weight is 401 g/mol. The Morgan fingerprint density at radius 2 is 1.76 bits per heavy atom. The molecule has 2 aromatic carbocycles. The van der Waals surface area contributed by atoms with Gasteiger partial charge in [-0.1, -0.05) is 41.9 Å². The van der Waals surface area contributed by atoms with Crippen LogP contribution in [-0.2, 0) is 9.59 Å². The molecule has 0 radical (unpaired) electrons. The van der Waals surface area contributed by atoms with Crippen LogP contribution in [0.3, 0.4) is 0 Å². The van der Waals surface area contributed by atoms with Crippen LogP contribution >= 0.6 is 15.9 Å². The van der Waals surface area contributed by atoms with Crippen molar-refractivity contribution in [3.63, 3.8) is 0 Å². The molecule has 3 rings (SSSR count). The van der Waals surface area contributed by atoms with Gasteiger partial charge in [-0.25, -0.2) is 0 Å². The summed E-state index contributed by atoms with van der Waals surface area (Å²) in [5, 5.41) is 2.93. The minimum atomic E-state index is -0.332. The molecule has 1 heterocycles. The van der Waals surface area contributed by atoms with Gasteiger partial charge in [0.25, 0.3) is 0 Å². The standard InChI is InChI=1S/C20H21BrN2O2/c1-13(2)14-3-7-17(8-4-14)22-20(25)15-11-19(24)23(12-15)18-9-5-16(21)6-10-18/h3-10,13,15H,11-12H2,1-2H3,(H,22,25)/t15-/m0/s1. The quantitative estimate of drug-likeness (QED) is 0.817. The molecular formula is C20H21BrN2O2.